The van der Waals surface area contributed by atoms with Crippen molar-refractivity contribution in [1.82, 2.24) is 10.2 Å². The second-order valence-corrected chi connectivity index (χ2v) is 4.08. The Morgan fingerprint density at radius 3 is 2.31 bits per heavy atom. The molecule has 0 saturated carbocycles. The van der Waals surface area contributed by atoms with Crippen molar-refractivity contribution in [1.29, 1.82) is 0 Å². The van der Waals surface area contributed by atoms with Gasteiger partial charge in [0.2, 0.25) is 0 Å². The van der Waals surface area contributed by atoms with E-state index in [9.17, 15) is 13.2 Å². The zero-order chi connectivity index (χ0) is 12.6. The Balaban J connectivity index is 4.07. The summed E-state index contributed by atoms with van der Waals surface area (Å²) in [6.45, 7) is 7.10. The van der Waals surface area contributed by atoms with Crippen LogP contribution in [0.25, 0.3) is 0 Å². The van der Waals surface area contributed by atoms with Gasteiger partial charge in [0.05, 0.1) is 6.54 Å². The molecule has 0 rings (SSSR count). The molecule has 98 valence electrons. The molecule has 0 bridgehead atoms. The highest BCUT2D eigenvalue weighted by atomic mass is 19.4. The lowest BCUT2D eigenvalue weighted by Gasteiger charge is -2.29. The van der Waals surface area contributed by atoms with E-state index in [4.69, 9.17) is 0 Å². The summed E-state index contributed by atoms with van der Waals surface area (Å²) in [4.78, 5) is 1.51. The van der Waals surface area contributed by atoms with E-state index in [-0.39, 0.29) is 6.04 Å². The van der Waals surface area contributed by atoms with E-state index in [1.165, 1.54) is 4.90 Å². The van der Waals surface area contributed by atoms with E-state index >= 15 is 0 Å². The molecule has 0 fully saturated rings. The molecule has 0 heterocycles. The molecule has 0 spiro atoms. The number of rotatable bonds is 8. The van der Waals surface area contributed by atoms with Gasteiger partial charge in [0, 0.05) is 6.04 Å². The monoisotopic (exact) mass is 240 g/mol. The van der Waals surface area contributed by atoms with E-state index < -0.39 is 12.7 Å². The fourth-order valence-electron chi connectivity index (χ4n) is 1.64. The standard InChI is InChI=1S/C11H23F3N2/c1-4-8-16(9-11(12,13)14)10(3)6-7-15-5-2/h10,15H,4-9H2,1-3H3. The third-order valence-electron chi connectivity index (χ3n) is 2.51. The minimum Gasteiger partial charge on any atom is -0.317 e. The van der Waals surface area contributed by atoms with Crippen LogP contribution in [0, 0.1) is 0 Å². The van der Waals surface area contributed by atoms with Gasteiger partial charge < -0.3 is 5.32 Å². The van der Waals surface area contributed by atoms with Crippen molar-refractivity contribution < 1.29 is 13.2 Å². The van der Waals surface area contributed by atoms with Gasteiger partial charge in [-0.3, -0.25) is 4.90 Å². The van der Waals surface area contributed by atoms with E-state index in [2.05, 4.69) is 5.32 Å². The van der Waals surface area contributed by atoms with Crippen molar-refractivity contribution in [2.75, 3.05) is 26.2 Å². The highest BCUT2D eigenvalue weighted by molar-refractivity contribution is 4.71. The summed E-state index contributed by atoms with van der Waals surface area (Å²) in [5.41, 5.74) is 0. The molecular formula is C11H23F3N2. The summed E-state index contributed by atoms with van der Waals surface area (Å²) in [5, 5.41) is 3.13. The molecular weight excluding hydrogens is 217 g/mol. The topological polar surface area (TPSA) is 15.3 Å². The van der Waals surface area contributed by atoms with Gasteiger partial charge in [-0.2, -0.15) is 13.2 Å². The Kier molecular flexibility index (Phi) is 7.76. The van der Waals surface area contributed by atoms with Crippen LogP contribution in [0.4, 0.5) is 13.2 Å². The van der Waals surface area contributed by atoms with Crippen LogP contribution in [0.2, 0.25) is 0 Å². The largest absolute Gasteiger partial charge is 0.401 e. The number of halogens is 3. The lowest BCUT2D eigenvalue weighted by atomic mass is 10.2. The maximum Gasteiger partial charge on any atom is 0.401 e. The van der Waals surface area contributed by atoms with Crippen LogP contribution in [0.5, 0.6) is 0 Å². The molecule has 1 N–H and O–H groups in total. The Hall–Kier alpha value is -0.290. The van der Waals surface area contributed by atoms with Crippen molar-refractivity contribution >= 4 is 0 Å². The Labute approximate surface area is 96.2 Å². The molecule has 2 nitrogen and oxygen atoms in total. The van der Waals surface area contributed by atoms with Crippen LogP contribution in [0.15, 0.2) is 0 Å². The molecule has 0 aromatic heterocycles. The quantitative estimate of drug-likeness (QED) is 0.656. The van der Waals surface area contributed by atoms with E-state index in [0.29, 0.717) is 6.54 Å². The van der Waals surface area contributed by atoms with Crippen LogP contribution in [0.1, 0.15) is 33.6 Å². The molecule has 0 aromatic rings. The van der Waals surface area contributed by atoms with Crippen LogP contribution >= 0.6 is 0 Å². The Morgan fingerprint density at radius 1 is 1.25 bits per heavy atom. The van der Waals surface area contributed by atoms with Gasteiger partial charge in [-0.25, -0.2) is 0 Å². The maximum atomic E-state index is 12.3. The third-order valence-corrected chi connectivity index (χ3v) is 2.51. The van der Waals surface area contributed by atoms with Crippen molar-refractivity contribution in [3.05, 3.63) is 0 Å². The van der Waals surface area contributed by atoms with E-state index in [1.807, 2.05) is 20.8 Å². The highest BCUT2D eigenvalue weighted by Crippen LogP contribution is 2.19. The number of hydrogen-bond acceptors (Lipinski definition) is 2. The van der Waals surface area contributed by atoms with Crippen LogP contribution in [-0.4, -0.2) is 43.3 Å². The summed E-state index contributed by atoms with van der Waals surface area (Å²) in [7, 11) is 0. The van der Waals surface area contributed by atoms with Crippen LogP contribution in [0.3, 0.4) is 0 Å². The van der Waals surface area contributed by atoms with E-state index in [1.54, 1.807) is 0 Å². The number of nitrogens with one attached hydrogen (secondary N) is 1. The first kappa shape index (κ1) is 15.7. The van der Waals surface area contributed by atoms with Gasteiger partial charge in [-0.1, -0.05) is 13.8 Å². The van der Waals surface area contributed by atoms with Gasteiger partial charge in [0.1, 0.15) is 0 Å². The van der Waals surface area contributed by atoms with Crippen molar-refractivity contribution in [2.24, 2.45) is 0 Å². The molecule has 0 amide bonds. The smallest absolute Gasteiger partial charge is 0.317 e. The number of alkyl halides is 3. The molecule has 0 aliphatic carbocycles. The molecule has 0 saturated heterocycles. The van der Waals surface area contributed by atoms with Gasteiger partial charge in [0.15, 0.2) is 0 Å². The summed E-state index contributed by atoms with van der Waals surface area (Å²) in [5.74, 6) is 0. The lowest BCUT2D eigenvalue weighted by molar-refractivity contribution is -0.150. The minimum atomic E-state index is -4.10. The second kappa shape index (κ2) is 7.90. The fourth-order valence-corrected chi connectivity index (χ4v) is 1.64. The zero-order valence-electron chi connectivity index (χ0n) is 10.4. The van der Waals surface area contributed by atoms with Gasteiger partial charge in [-0.05, 0) is 39.4 Å². The molecule has 0 aliphatic rings. The van der Waals surface area contributed by atoms with Gasteiger partial charge in [0.25, 0.3) is 0 Å². The summed E-state index contributed by atoms with van der Waals surface area (Å²) < 4.78 is 37.0. The van der Waals surface area contributed by atoms with Crippen molar-refractivity contribution in [3.8, 4) is 0 Å². The Bertz CT molecular complexity index is 171. The average Bonchev–Trinajstić information content (AvgIpc) is 2.15. The first-order valence-electron chi connectivity index (χ1n) is 5.92. The molecule has 0 aromatic carbocycles. The van der Waals surface area contributed by atoms with E-state index in [0.717, 1.165) is 25.9 Å². The highest BCUT2D eigenvalue weighted by Gasteiger charge is 2.31. The molecule has 16 heavy (non-hydrogen) atoms. The first-order valence-corrected chi connectivity index (χ1v) is 5.92. The van der Waals surface area contributed by atoms with Crippen molar-refractivity contribution in [3.63, 3.8) is 0 Å². The van der Waals surface area contributed by atoms with Crippen molar-refractivity contribution in [2.45, 2.75) is 45.8 Å². The average molecular weight is 240 g/mol. The summed E-state index contributed by atoms with van der Waals surface area (Å²) in [6, 6.07) is -0.0272. The molecule has 5 heteroatoms. The number of hydrogen-bond donors (Lipinski definition) is 1. The SMILES string of the molecule is CCCN(CC(F)(F)F)C(C)CCNCC. The maximum absolute atomic E-state index is 12.3. The molecule has 0 aliphatic heterocycles. The van der Waals surface area contributed by atoms with Crippen LogP contribution < -0.4 is 5.32 Å². The fraction of sp³-hybridized carbons (Fsp3) is 1.00. The summed E-state index contributed by atoms with van der Waals surface area (Å²) >= 11 is 0. The lowest BCUT2D eigenvalue weighted by Crippen LogP contribution is -2.42. The van der Waals surface area contributed by atoms with Crippen LogP contribution in [-0.2, 0) is 0 Å². The summed E-state index contributed by atoms with van der Waals surface area (Å²) in [6.07, 6.45) is -2.59. The molecule has 1 atom stereocenters. The zero-order valence-corrected chi connectivity index (χ0v) is 10.4. The first-order chi connectivity index (χ1) is 7.40. The Morgan fingerprint density at radius 2 is 1.88 bits per heavy atom. The molecule has 1 unspecified atom stereocenters. The predicted octanol–water partition coefficient (Wildman–Crippen LogP) is 2.65. The predicted molar refractivity (Wildman–Crippen MR) is 60.5 cm³/mol. The number of nitrogens with zero attached hydrogens (tertiary/aromatic N) is 1. The van der Waals surface area contributed by atoms with Gasteiger partial charge in [-0.15, -0.1) is 0 Å². The minimum absolute atomic E-state index is 0.0272. The molecule has 0 radical (unpaired) electrons. The van der Waals surface area contributed by atoms with Gasteiger partial charge >= 0.3 is 6.18 Å². The normalized spacial score (nSPS) is 14.4. The second-order valence-electron chi connectivity index (χ2n) is 4.08. The third kappa shape index (κ3) is 7.93.